The van der Waals surface area contributed by atoms with Gasteiger partial charge in [-0.05, 0) is 56.8 Å². The Kier molecular flexibility index (Phi) is 7.96. The van der Waals surface area contributed by atoms with Crippen molar-refractivity contribution in [2.75, 3.05) is 20.7 Å². The lowest BCUT2D eigenvalue weighted by atomic mass is 9.49. The summed E-state index contributed by atoms with van der Waals surface area (Å²) in [5.74, 6) is -1.22. The van der Waals surface area contributed by atoms with Gasteiger partial charge in [0, 0.05) is 30.9 Å². The number of Topliss-reactive ketones (excluding diaryl/α,β-unsaturated/α-hetero) is 1. The zero-order valence-electron chi connectivity index (χ0n) is 22.9. The molecule has 2 heterocycles. The van der Waals surface area contributed by atoms with Gasteiger partial charge in [-0.1, -0.05) is 19.9 Å². The Morgan fingerprint density at radius 1 is 1.21 bits per heavy atom. The van der Waals surface area contributed by atoms with Crippen LogP contribution < -0.4 is 14.8 Å². The Morgan fingerprint density at radius 3 is 2.54 bits per heavy atom. The summed E-state index contributed by atoms with van der Waals surface area (Å²) in [7, 11) is 3.70. The van der Waals surface area contributed by atoms with E-state index in [1.54, 1.807) is 21.0 Å². The van der Waals surface area contributed by atoms with E-state index in [9.17, 15) is 24.3 Å². The Morgan fingerprint density at radius 2 is 1.92 bits per heavy atom. The van der Waals surface area contributed by atoms with E-state index >= 15 is 0 Å². The number of nitrogens with one attached hydrogen (secondary N) is 1. The number of methoxy groups -OCH3 is 1. The first-order valence-corrected chi connectivity index (χ1v) is 13.4. The van der Waals surface area contributed by atoms with Gasteiger partial charge in [-0.15, -0.1) is 0 Å². The van der Waals surface area contributed by atoms with Crippen molar-refractivity contribution in [2.24, 2.45) is 5.92 Å². The van der Waals surface area contributed by atoms with Crippen molar-refractivity contribution in [3.8, 4) is 11.5 Å². The smallest absolute Gasteiger partial charge is 0.326 e. The Bertz CT molecular complexity index is 1170. The molecule has 1 saturated heterocycles. The number of carboxylic acids is 2. The van der Waals surface area contributed by atoms with E-state index < -0.39 is 41.0 Å². The second-order valence-corrected chi connectivity index (χ2v) is 11.3. The van der Waals surface area contributed by atoms with Crippen molar-refractivity contribution in [3.05, 3.63) is 23.3 Å². The second kappa shape index (κ2) is 10.8. The second-order valence-electron chi connectivity index (χ2n) is 11.3. The Hall–Kier alpha value is -3.18. The minimum Gasteiger partial charge on any atom is -0.493 e. The number of ether oxygens (including phenoxy) is 2. The van der Waals surface area contributed by atoms with Crippen molar-refractivity contribution >= 4 is 23.6 Å². The lowest BCUT2D eigenvalue weighted by molar-refractivity contribution is -0.185. The fourth-order valence-electron chi connectivity index (χ4n) is 6.84. The third kappa shape index (κ3) is 4.75. The highest BCUT2D eigenvalue weighted by Gasteiger charge is 2.72. The van der Waals surface area contributed by atoms with Crippen LogP contribution in [0, 0.1) is 5.92 Å². The van der Waals surface area contributed by atoms with Crippen molar-refractivity contribution < 1.29 is 44.0 Å². The molecule has 1 aromatic rings. The molecule has 1 aromatic carbocycles. The van der Waals surface area contributed by atoms with E-state index in [0.717, 1.165) is 24.9 Å². The van der Waals surface area contributed by atoms with E-state index in [1.807, 2.05) is 6.07 Å². The van der Waals surface area contributed by atoms with Gasteiger partial charge < -0.3 is 35.0 Å². The molecule has 4 aliphatic rings. The fourth-order valence-corrected chi connectivity index (χ4v) is 6.84. The summed E-state index contributed by atoms with van der Waals surface area (Å²) < 4.78 is 11.6. The van der Waals surface area contributed by atoms with E-state index in [4.69, 9.17) is 19.7 Å². The summed E-state index contributed by atoms with van der Waals surface area (Å²) in [5.41, 5.74) is 0.737. The SMILES string of the molecule is CC(C)[C@H](NC(=O)CCCC(=O)O)C(=O)O.COc1ccc2c3c1O[C@H]1C(=O)CC[C@@]4(O)[C@@H](C2)N(C)CC[C@]314. The van der Waals surface area contributed by atoms with Gasteiger partial charge in [-0.2, -0.15) is 0 Å². The average molecular weight is 547 g/mol. The Balaban J connectivity index is 0.000000197. The molecule has 0 unspecified atom stereocenters. The van der Waals surface area contributed by atoms with Crippen LogP contribution in [0.15, 0.2) is 12.1 Å². The van der Waals surface area contributed by atoms with Gasteiger partial charge in [0.25, 0.3) is 0 Å². The van der Waals surface area contributed by atoms with Gasteiger partial charge in [0.05, 0.1) is 18.1 Å². The highest BCUT2D eigenvalue weighted by Crippen LogP contribution is 2.64. The van der Waals surface area contributed by atoms with Gasteiger partial charge in [-0.25, -0.2) is 4.79 Å². The minimum atomic E-state index is -1.08. The van der Waals surface area contributed by atoms with Crippen molar-refractivity contribution in [2.45, 2.75) is 88.0 Å². The quantitative estimate of drug-likeness (QED) is 0.376. The molecule has 0 aromatic heterocycles. The zero-order valence-corrected chi connectivity index (χ0v) is 22.9. The number of amides is 1. The maximum Gasteiger partial charge on any atom is 0.326 e. The molecule has 11 nitrogen and oxygen atoms in total. The monoisotopic (exact) mass is 546 g/mol. The summed E-state index contributed by atoms with van der Waals surface area (Å²) in [4.78, 5) is 47.1. The van der Waals surface area contributed by atoms with Crippen LogP contribution in [0.4, 0.5) is 0 Å². The molecule has 2 bridgehead atoms. The third-order valence-electron chi connectivity index (χ3n) is 8.77. The molecule has 4 N–H and O–H groups in total. The number of hydrogen-bond donors (Lipinski definition) is 4. The molecule has 11 heteroatoms. The number of carbonyl (C=O) groups excluding carboxylic acids is 2. The highest BCUT2D eigenvalue weighted by molar-refractivity contribution is 5.90. The number of hydrogen-bond acceptors (Lipinski definition) is 8. The molecule has 0 radical (unpaired) electrons. The largest absolute Gasteiger partial charge is 0.493 e. The van der Waals surface area contributed by atoms with Crippen molar-refractivity contribution in [3.63, 3.8) is 0 Å². The highest BCUT2D eigenvalue weighted by atomic mass is 16.5. The number of likely N-dealkylation sites (tertiary alicyclic amines) is 1. The number of ketones is 1. The molecular weight excluding hydrogens is 508 g/mol. The minimum absolute atomic E-state index is 0.0306. The molecule has 2 aliphatic heterocycles. The van der Waals surface area contributed by atoms with Crippen molar-refractivity contribution in [1.82, 2.24) is 10.2 Å². The summed E-state index contributed by atoms with van der Waals surface area (Å²) in [6.45, 7) is 4.25. The number of carbonyl (C=O) groups is 4. The lowest BCUT2D eigenvalue weighted by Gasteiger charge is -2.62. The molecule has 5 rings (SSSR count). The molecule has 2 aliphatic carbocycles. The molecule has 39 heavy (non-hydrogen) atoms. The topological polar surface area (TPSA) is 163 Å². The predicted octanol–water partition coefficient (Wildman–Crippen LogP) is 1.51. The maximum absolute atomic E-state index is 12.7. The number of rotatable bonds is 8. The van der Waals surface area contributed by atoms with Gasteiger partial charge >= 0.3 is 11.9 Å². The first kappa shape index (κ1) is 28.8. The number of carboxylic acid groups (broad SMARTS) is 2. The first-order valence-electron chi connectivity index (χ1n) is 13.4. The maximum atomic E-state index is 12.7. The Labute approximate surface area is 227 Å². The predicted molar refractivity (Wildman–Crippen MR) is 139 cm³/mol. The van der Waals surface area contributed by atoms with Gasteiger partial charge in [-0.3, -0.25) is 14.4 Å². The van der Waals surface area contributed by atoms with Crippen LogP contribution in [-0.2, 0) is 31.0 Å². The molecule has 214 valence electrons. The zero-order chi connectivity index (χ0) is 28.7. The van der Waals surface area contributed by atoms with Gasteiger partial charge in [0.2, 0.25) is 5.91 Å². The van der Waals surface area contributed by atoms with Crippen LogP contribution >= 0.6 is 0 Å². The molecule has 5 atom stereocenters. The summed E-state index contributed by atoms with van der Waals surface area (Å²) in [6, 6.07) is 3.13. The normalized spacial score (nSPS) is 28.9. The number of benzene rings is 1. The van der Waals surface area contributed by atoms with Crippen molar-refractivity contribution in [1.29, 1.82) is 0 Å². The molecule has 1 saturated carbocycles. The fraction of sp³-hybridized carbons (Fsp3) is 0.643. The van der Waals surface area contributed by atoms with Crippen LogP contribution in [0.25, 0.3) is 0 Å². The van der Waals surface area contributed by atoms with Gasteiger partial charge in [0.1, 0.15) is 6.04 Å². The number of nitrogens with zero attached hydrogens (tertiary/aromatic N) is 1. The van der Waals surface area contributed by atoms with E-state index in [2.05, 4.69) is 23.3 Å². The van der Waals surface area contributed by atoms with E-state index in [-0.39, 0.29) is 37.0 Å². The standard InChI is InChI=1S/C18H21NO4.C10H17NO5/c1-19-8-7-17-14-10-3-4-12(22-2)15(14)23-16(17)11(20)5-6-18(17,21)13(19)9-10;1-6(2)9(10(15)16)11-7(12)4-3-5-8(13)14/h3-4,13,16,21H,5-9H2,1-2H3;6,9H,3-5H2,1-2H3,(H,11,12)(H,13,14)(H,15,16)/t13-,16+,17+,18-;9-/m10/s1. The summed E-state index contributed by atoms with van der Waals surface area (Å²) in [5, 5.41) is 31.3. The van der Waals surface area contributed by atoms with E-state index in [0.29, 0.717) is 24.3 Å². The van der Waals surface area contributed by atoms with Crippen LogP contribution in [0.5, 0.6) is 11.5 Å². The van der Waals surface area contributed by atoms with Crippen LogP contribution in [0.3, 0.4) is 0 Å². The average Bonchev–Trinajstić information content (AvgIpc) is 3.23. The molecular formula is C28H38N2O9. The first-order chi connectivity index (χ1) is 18.4. The van der Waals surface area contributed by atoms with Crippen LogP contribution in [-0.4, -0.2) is 88.3 Å². The number of aliphatic carboxylic acids is 2. The molecule has 2 fully saturated rings. The third-order valence-corrected chi connectivity index (χ3v) is 8.77. The summed E-state index contributed by atoms with van der Waals surface area (Å²) >= 11 is 0. The van der Waals surface area contributed by atoms with Gasteiger partial charge in [0.15, 0.2) is 23.4 Å². The summed E-state index contributed by atoms with van der Waals surface area (Å²) in [6.07, 6.45) is 2.05. The molecule has 1 amide bonds. The number of piperidine rings is 1. The molecule has 1 spiro atoms. The lowest BCUT2D eigenvalue weighted by Crippen LogP contribution is -2.76. The van der Waals surface area contributed by atoms with Crippen LogP contribution in [0.2, 0.25) is 0 Å². The number of likely N-dealkylation sites (N-methyl/N-ethyl adjacent to an activating group) is 1. The van der Waals surface area contributed by atoms with Crippen LogP contribution in [0.1, 0.15) is 63.5 Å². The number of aliphatic hydroxyl groups is 1. The van der Waals surface area contributed by atoms with E-state index in [1.165, 1.54) is 5.56 Å².